The Labute approximate surface area is 188 Å². The van der Waals surface area contributed by atoms with Crippen molar-refractivity contribution in [3.63, 3.8) is 0 Å². The van der Waals surface area contributed by atoms with Gasteiger partial charge in [-0.3, -0.25) is 4.79 Å². The Hall–Kier alpha value is -2.31. The van der Waals surface area contributed by atoms with Crippen LogP contribution >= 0.6 is 34.8 Å². The van der Waals surface area contributed by atoms with Gasteiger partial charge in [0.15, 0.2) is 0 Å². The summed E-state index contributed by atoms with van der Waals surface area (Å²) in [5, 5.41) is 8.83. The van der Waals surface area contributed by atoms with Gasteiger partial charge in [0.25, 0.3) is 5.91 Å². The molecule has 0 saturated heterocycles. The topological polar surface area (TPSA) is 69.8 Å². The van der Waals surface area contributed by atoms with Gasteiger partial charge in [-0.05, 0) is 44.3 Å². The summed E-state index contributed by atoms with van der Waals surface area (Å²) in [4.78, 5) is 20.9. The molecule has 4 rings (SSSR count). The van der Waals surface area contributed by atoms with Gasteiger partial charge in [-0.25, -0.2) is 4.98 Å². The third kappa shape index (κ3) is 3.98. The molecule has 2 heterocycles. The van der Waals surface area contributed by atoms with Crippen LogP contribution < -0.4 is 10.6 Å². The summed E-state index contributed by atoms with van der Waals surface area (Å²) in [5.74, 6) is -0.231. The van der Waals surface area contributed by atoms with Crippen LogP contribution in [-0.4, -0.2) is 36.0 Å². The number of nitrogens with one attached hydrogen (secondary N) is 3. The zero-order valence-corrected chi connectivity index (χ0v) is 18.4. The Bertz CT molecular complexity index is 1230. The van der Waals surface area contributed by atoms with E-state index in [9.17, 15) is 4.79 Å². The maximum atomic E-state index is 12.8. The number of carbonyl (C=O) groups excluding carboxylic acids is 1. The highest BCUT2D eigenvalue weighted by Crippen LogP contribution is 2.38. The fourth-order valence-corrected chi connectivity index (χ4v) is 4.02. The molecule has 5 nitrogen and oxygen atoms in total. The molecule has 0 aliphatic carbocycles. The normalized spacial score (nSPS) is 11.3. The lowest BCUT2D eigenvalue weighted by atomic mass is 10.1. The van der Waals surface area contributed by atoms with Crippen LogP contribution in [0.15, 0.2) is 42.5 Å². The first-order valence-electron chi connectivity index (χ1n) is 9.48. The number of carbonyl (C=O) groups is 1. The minimum atomic E-state index is -0.231. The lowest BCUT2D eigenvalue weighted by Crippen LogP contribution is -2.27. The van der Waals surface area contributed by atoms with Gasteiger partial charge in [-0.1, -0.05) is 53.0 Å². The van der Waals surface area contributed by atoms with Gasteiger partial charge in [0.1, 0.15) is 5.69 Å². The molecule has 0 spiro atoms. The summed E-state index contributed by atoms with van der Waals surface area (Å²) < 4.78 is 0. The van der Waals surface area contributed by atoms with Crippen LogP contribution in [0.1, 0.15) is 16.9 Å². The first kappa shape index (κ1) is 20.9. The van der Waals surface area contributed by atoms with E-state index in [2.05, 4.69) is 20.6 Å². The Morgan fingerprint density at radius 1 is 1.03 bits per heavy atom. The number of hydrogen-bond donors (Lipinski definition) is 3. The molecule has 0 unspecified atom stereocenters. The maximum Gasteiger partial charge on any atom is 0.269 e. The van der Waals surface area contributed by atoms with Crippen molar-refractivity contribution in [2.45, 2.75) is 6.42 Å². The quantitative estimate of drug-likeness (QED) is 0.255. The van der Waals surface area contributed by atoms with E-state index in [-0.39, 0.29) is 10.9 Å². The summed E-state index contributed by atoms with van der Waals surface area (Å²) in [6, 6.07) is 13.1. The molecule has 154 valence electrons. The van der Waals surface area contributed by atoms with Gasteiger partial charge in [0, 0.05) is 28.4 Å². The van der Waals surface area contributed by atoms with Crippen molar-refractivity contribution in [2.75, 3.05) is 20.1 Å². The Morgan fingerprint density at radius 3 is 2.50 bits per heavy atom. The van der Waals surface area contributed by atoms with E-state index in [1.165, 1.54) is 0 Å². The molecule has 8 heteroatoms. The highest BCUT2D eigenvalue weighted by molar-refractivity contribution is 6.48. The van der Waals surface area contributed by atoms with Gasteiger partial charge in [0.05, 0.1) is 26.3 Å². The van der Waals surface area contributed by atoms with Gasteiger partial charge >= 0.3 is 0 Å². The average Bonchev–Trinajstić information content (AvgIpc) is 3.12. The molecule has 3 N–H and O–H groups in total. The fraction of sp³-hybridized carbons (Fsp3) is 0.182. The van der Waals surface area contributed by atoms with E-state index >= 15 is 0 Å². The largest absolute Gasteiger partial charge is 0.353 e. The molecule has 0 atom stereocenters. The smallest absolute Gasteiger partial charge is 0.269 e. The number of rotatable bonds is 6. The predicted octanol–water partition coefficient (Wildman–Crippen LogP) is 5.68. The molecule has 2 aromatic carbocycles. The number of halogens is 3. The number of pyridine rings is 1. The van der Waals surface area contributed by atoms with Crippen LogP contribution in [0.2, 0.25) is 15.1 Å². The van der Waals surface area contributed by atoms with E-state index in [0.717, 1.165) is 34.8 Å². The van der Waals surface area contributed by atoms with Crippen molar-refractivity contribution < 1.29 is 4.79 Å². The molecule has 0 aliphatic rings. The fourth-order valence-electron chi connectivity index (χ4n) is 3.42. The first-order valence-corrected chi connectivity index (χ1v) is 10.6. The van der Waals surface area contributed by atoms with E-state index in [1.807, 2.05) is 37.4 Å². The number of aromatic nitrogens is 2. The summed E-state index contributed by atoms with van der Waals surface area (Å²) in [6.07, 6.45) is 0.826. The summed E-state index contributed by atoms with van der Waals surface area (Å²) in [7, 11) is 1.88. The first-order chi connectivity index (χ1) is 14.5. The van der Waals surface area contributed by atoms with Gasteiger partial charge < -0.3 is 15.6 Å². The number of hydrogen-bond acceptors (Lipinski definition) is 3. The summed E-state index contributed by atoms with van der Waals surface area (Å²) in [6.45, 7) is 1.38. The van der Waals surface area contributed by atoms with E-state index in [4.69, 9.17) is 34.8 Å². The number of aromatic amines is 1. The van der Waals surface area contributed by atoms with Crippen molar-refractivity contribution in [3.05, 3.63) is 63.2 Å². The SMILES string of the molecule is CNCCCNC(=O)c1cc2c([nH]c3ccccc32)c(-c2cc(Cl)c(Cl)c(Cl)c2)n1. The molecule has 0 fully saturated rings. The van der Waals surface area contributed by atoms with E-state index in [1.54, 1.807) is 12.1 Å². The Kier molecular flexibility index (Phi) is 6.16. The van der Waals surface area contributed by atoms with E-state index < -0.39 is 0 Å². The van der Waals surface area contributed by atoms with Crippen molar-refractivity contribution in [1.29, 1.82) is 0 Å². The number of amides is 1. The summed E-state index contributed by atoms with van der Waals surface area (Å²) in [5.41, 5.74) is 3.35. The Morgan fingerprint density at radius 2 is 1.77 bits per heavy atom. The highest BCUT2D eigenvalue weighted by Gasteiger charge is 2.18. The highest BCUT2D eigenvalue weighted by atomic mass is 35.5. The molecule has 0 radical (unpaired) electrons. The average molecular weight is 462 g/mol. The molecule has 2 aromatic heterocycles. The second-order valence-corrected chi connectivity index (χ2v) is 8.11. The number of fused-ring (bicyclic) bond motifs is 3. The van der Waals surface area contributed by atoms with Crippen molar-refractivity contribution in [2.24, 2.45) is 0 Å². The molecule has 1 amide bonds. The zero-order valence-electron chi connectivity index (χ0n) is 16.2. The lowest BCUT2D eigenvalue weighted by Gasteiger charge is -2.10. The number of benzene rings is 2. The lowest BCUT2D eigenvalue weighted by molar-refractivity contribution is 0.0948. The third-order valence-electron chi connectivity index (χ3n) is 4.88. The van der Waals surface area contributed by atoms with Crippen molar-refractivity contribution in [1.82, 2.24) is 20.6 Å². The maximum absolute atomic E-state index is 12.8. The molecule has 0 aliphatic heterocycles. The third-order valence-corrected chi connectivity index (χ3v) is 6.07. The summed E-state index contributed by atoms with van der Waals surface area (Å²) >= 11 is 18.6. The van der Waals surface area contributed by atoms with Crippen LogP contribution in [0.4, 0.5) is 0 Å². The van der Waals surface area contributed by atoms with Crippen LogP contribution in [-0.2, 0) is 0 Å². The van der Waals surface area contributed by atoms with Crippen molar-refractivity contribution in [3.8, 4) is 11.3 Å². The predicted molar refractivity (Wildman–Crippen MR) is 125 cm³/mol. The van der Waals surface area contributed by atoms with Crippen molar-refractivity contribution >= 4 is 62.5 Å². The van der Waals surface area contributed by atoms with E-state index in [0.29, 0.717) is 33.5 Å². The van der Waals surface area contributed by atoms with Crippen LogP contribution in [0.5, 0.6) is 0 Å². The van der Waals surface area contributed by atoms with Gasteiger partial charge in [0.2, 0.25) is 0 Å². The van der Waals surface area contributed by atoms with Gasteiger partial charge in [-0.2, -0.15) is 0 Å². The monoisotopic (exact) mass is 460 g/mol. The molecular weight excluding hydrogens is 443 g/mol. The molecule has 0 bridgehead atoms. The molecular formula is C22H19Cl3N4O. The second kappa shape index (κ2) is 8.82. The standard InChI is InChI=1S/C22H19Cl3N4O/c1-26-7-4-8-27-22(30)18-11-14-13-5-2-3-6-17(13)28-21(14)20(29-18)12-9-15(23)19(25)16(24)10-12/h2-3,5-6,9-11,26,28H,4,7-8H2,1H3,(H,27,30). The molecule has 30 heavy (non-hydrogen) atoms. The minimum Gasteiger partial charge on any atom is -0.353 e. The zero-order chi connectivity index (χ0) is 21.3. The molecule has 4 aromatic rings. The van der Waals surface area contributed by atoms with Gasteiger partial charge in [-0.15, -0.1) is 0 Å². The number of para-hydroxylation sites is 1. The van der Waals surface area contributed by atoms with Crippen LogP contribution in [0.25, 0.3) is 33.1 Å². The van der Waals surface area contributed by atoms with Crippen LogP contribution in [0.3, 0.4) is 0 Å². The van der Waals surface area contributed by atoms with Crippen LogP contribution in [0, 0.1) is 0 Å². The number of H-pyrrole nitrogens is 1. The molecule has 0 saturated carbocycles. The second-order valence-electron chi connectivity index (χ2n) is 6.92. The number of nitrogens with zero attached hydrogens (tertiary/aromatic N) is 1. The minimum absolute atomic E-state index is 0.231. The Balaban J connectivity index is 1.88.